The van der Waals surface area contributed by atoms with Crippen LogP contribution in [0.25, 0.3) is 21.9 Å². The molecule has 28 heavy (non-hydrogen) atoms. The summed E-state index contributed by atoms with van der Waals surface area (Å²) in [7, 11) is 0. The van der Waals surface area contributed by atoms with Crippen LogP contribution in [0, 0.1) is 0 Å². The molecule has 0 aliphatic rings. The van der Waals surface area contributed by atoms with Crippen molar-refractivity contribution in [3.05, 3.63) is 91.0 Å². The third-order valence-electron chi connectivity index (χ3n) is 5.04. The lowest BCUT2D eigenvalue weighted by Crippen LogP contribution is -2.16. The number of allylic oxidation sites excluding steroid dienone is 3. The van der Waals surface area contributed by atoms with Gasteiger partial charge in [0.25, 0.3) is 0 Å². The molecule has 144 valence electrons. The molecule has 1 N–H and O–H groups in total. The van der Waals surface area contributed by atoms with Crippen LogP contribution in [0.5, 0.6) is 0 Å². The molecular formula is C27H31N. The van der Waals surface area contributed by atoms with E-state index in [1.54, 1.807) is 0 Å². The average Bonchev–Trinajstić information content (AvgIpc) is 2.74. The highest BCUT2D eigenvalue weighted by atomic mass is 14.9. The van der Waals surface area contributed by atoms with Crippen LogP contribution < -0.4 is 5.32 Å². The quantitative estimate of drug-likeness (QED) is 0.297. The van der Waals surface area contributed by atoms with E-state index in [9.17, 15) is 0 Å². The maximum atomic E-state index is 3.68. The number of unbranched alkanes of at least 4 members (excludes halogenated alkanes) is 1. The third-order valence-corrected chi connectivity index (χ3v) is 5.04. The zero-order chi connectivity index (χ0) is 19.6. The number of rotatable bonds is 9. The van der Waals surface area contributed by atoms with Crippen molar-refractivity contribution in [3.63, 3.8) is 0 Å². The van der Waals surface area contributed by atoms with Crippen molar-refractivity contribution < 1.29 is 0 Å². The van der Waals surface area contributed by atoms with Crippen LogP contribution in [0.4, 0.5) is 5.69 Å². The number of benzene rings is 3. The zero-order valence-corrected chi connectivity index (χ0v) is 17.1. The summed E-state index contributed by atoms with van der Waals surface area (Å²) in [6, 6.07) is 24.3. The summed E-state index contributed by atoms with van der Waals surface area (Å²) in [6.45, 7) is 4.32. The van der Waals surface area contributed by atoms with E-state index in [2.05, 4.69) is 110 Å². The van der Waals surface area contributed by atoms with Gasteiger partial charge in [0.15, 0.2) is 0 Å². The molecule has 0 aliphatic carbocycles. The second-order valence-corrected chi connectivity index (χ2v) is 7.22. The molecule has 3 aromatic rings. The highest BCUT2D eigenvalue weighted by Crippen LogP contribution is 2.29. The lowest BCUT2D eigenvalue weighted by Gasteiger charge is -2.16. The topological polar surface area (TPSA) is 12.0 Å². The van der Waals surface area contributed by atoms with Gasteiger partial charge in [-0.2, -0.15) is 0 Å². The molecule has 1 heteroatoms. The first kappa shape index (κ1) is 19.9. The Hall–Kier alpha value is -2.80. The SMILES string of the molecule is C/C=C\CC/C=C\C(CCC)Nc1ccc(-c2cccc3ccccc23)cc1. The largest absolute Gasteiger partial charge is 0.379 e. The highest BCUT2D eigenvalue weighted by molar-refractivity contribution is 5.96. The Bertz CT molecular complexity index is 913. The van der Waals surface area contributed by atoms with Crippen LogP contribution in [0.2, 0.25) is 0 Å². The monoisotopic (exact) mass is 369 g/mol. The molecule has 0 bridgehead atoms. The fraction of sp³-hybridized carbons (Fsp3) is 0.259. The van der Waals surface area contributed by atoms with E-state index in [1.807, 2.05) is 0 Å². The van der Waals surface area contributed by atoms with Gasteiger partial charge >= 0.3 is 0 Å². The lowest BCUT2D eigenvalue weighted by atomic mass is 9.98. The molecule has 1 unspecified atom stereocenters. The standard InChI is InChI=1S/C27H31N/c1-3-5-6-7-8-15-24(12-4-2)28-25-20-18-23(19-21-25)27-17-11-14-22-13-9-10-16-26(22)27/h3,5,8-11,13-21,24,28H,4,6-7,12H2,1-2H3/b5-3-,15-8-. The predicted octanol–water partition coefficient (Wildman–Crippen LogP) is 8.00. The Kier molecular flexibility index (Phi) is 7.49. The van der Waals surface area contributed by atoms with E-state index < -0.39 is 0 Å². The van der Waals surface area contributed by atoms with Crippen LogP contribution in [0.3, 0.4) is 0 Å². The highest BCUT2D eigenvalue weighted by Gasteiger charge is 2.06. The zero-order valence-electron chi connectivity index (χ0n) is 17.1. The summed E-state index contributed by atoms with van der Waals surface area (Å²) in [5.74, 6) is 0. The molecule has 0 aliphatic heterocycles. The molecule has 0 fully saturated rings. The Morgan fingerprint density at radius 3 is 2.39 bits per heavy atom. The predicted molar refractivity (Wildman–Crippen MR) is 125 cm³/mol. The first-order chi connectivity index (χ1) is 13.8. The van der Waals surface area contributed by atoms with Crippen molar-refractivity contribution in [2.45, 2.75) is 45.6 Å². The number of anilines is 1. The van der Waals surface area contributed by atoms with Crippen molar-refractivity contribution in [1.82, 2.24) is 0 Å². The van der Waals surface area contributed by atoms with Crippen molar-refractivity contribution in [1.29, 1.82) is 0 Å². The number of fused-ring (bicyclic) bond motifs is 1. The van der Waals surface area contributed by atoms with Gasteiger partial charge < -0.3 is 5.32 Å². The molecule has 0 saturated heterocycles. The molecule has 0 amide bonds. The summed E-state index contributed by atoms with van der Waals surface area (Å²) in [4.78, 5) is 0. The fourth-order valence-electron chi connectivity index (χ4n) is 3.58. The van der Waals surface area contributed by atoms with E-state index in [4.69, 9.17) is 0 Å². The minimum absolute atomic E-state index is 0.388. The van der Waals surface area contributed by atoms with Gasteiger partial charge in [0.2, 0.25) is 0 Å². The molecular weight excluding hydrogens is 338 g/mol. The summed E-state index contributed by atoms with van der Waals surface area (Å²) < 4.78 is 0. The van der Waals surface area contributed by atoms with Crippen molar-refractivity contribution in [2.75, 3.05) is 5.32 Å². The van der Waals surface area contributed by atoms with Gasteiger partial charge in [-0.1, -0.05) is 92.2 Å². The first-order valence-corrected chi connectivity index (χ1v) is 10.4. The molecule has 0 saturated carbocycles. The lowest BCUT2D eigenvalue weighted by molar-refractivity contribution is 0.737. The van der Waals surface area contributed by atoms with Crippen molar-refractivity contribution >= 4 is 16.5 Å². The van der Waals surface area contributed by atoms with Crippen molar-refractivity contribution in [3.8, 4) is 11.1 Å². The van der Waals surface area contributed by atoms with Gasteiger partial charge in [-0.05, 0) is 60.2 Å². The van der Waals surface area contributed by atoms with Crippen LogP contribution >= 0.6 is 0 Å². The Morgan fingerprint density at radius 1 is 0.857 bits per heavy atom. The van der Waals surface area contributed by atoms with Gasteiger partial charge in [0.05, 0.1) is 0 Å². The van der Waals surface area contributed by atoms with Gasteiger partial charge in [-0.25, -0.2) is 0 Å². The van der Waals surface area contributed by atoms with E-state index >= 15 is 0 Å². The Labute approximate surface area is 169 Å². The van der Waals surface area contributed by atoms with Crippen LogP contribution in [0.1, 0.15) is 39.5 Å². The molecule has 3 rings (SSSR count). The molecule has 0 radical (unpaired) electrons. The van der Waals surface area contributed by atoms with Gasteiger partial charge in [0.1, 0.15) is 0 Å². The molecule has 0 spiro atoms. The summed E-state index contributed by atoms with van der Waals surface area (Å²) in [5.41, 5.74) is 3.73. The van der Waals surface area contributed by atoms with Crippen LogP contribution in [-0.4, -0.2) is 6.04 Å². The van der Waals surface area contributed by atoms with Crippen molar-refractivity contribution in [2.24, 2.45) is 0 Å². The summed E-state index contributed by atoms with van der Waals surface area (Å²) in [5, 5.41) is 6.27. The molecule has 0 aromatic heterocycles. The minimum Gasteiger partial charge on any atom is -0.379 e. The molecule has 1 nitrogen and oxygen atoms in total. The number of hydrogen-bond acceptors (Lipinski definition) is 1. The third kappa shape index (κ3) is 5.36. The van der Waals surface area contributed by atoms with Crippen LogP contribution in [0.15, 0.2) is 91.0 Å². The van der Waals surface area contributed by atoms with Gasteiger partial charge in [-0.3, -0.25) is 0 Å². The van der Waals surface area contributed by atoms with Gasteiger partial charge in [0, 0.05) is 11.7 Å². The maximum Gasteiger partial charge on any atom is 0.0444 e. The second kappa shape index (κ2) is 10.5. The van der Waals surface area contributed by atoms with E-state index in [-0.39, 0.29) is 0 Å². The number of hydrogen-bond donors (Lipinski definition) is 1. The smallest absolute Gasteiger partial charge is 0.0444 e. The van der Waals surface area contributed by atoms with E-state index in [0.29, 0.717) is 6.04 Å². The fourth-order valence-corrected chi connectivity index (χ4v) is 3.58. The molecule has 3 aromatic carbocycles. The number of nitrogens with one attached hydrogen (secondary N) is 1. The maximum absolute atomic E-state index is 3.68. The summed E-state index contributed by atoms with van der Waals surface area (Å²) >= 11 is 0. The van der Waals surface area contributed by atoms with Gasteiger partial charge in [-0.15, -0.1) is 0 Å². The first-order valence-electron chi connectivity index (χ1n) is 10.4. The second-order valence-electron chi connectivity index (χ2n) is 7.22. The Morgan fingerprint density at radius 2 is 1.61 bits per heavy atom. The van der Waals surface area contributed by atoms with Crippen LogP contribution in [-0.2, 0) is 0 Å². The minimum atomic E-state index is 0.388. The Balaban J connectivity index is 1.72. The molecule has 1 atom stereocenters. The summed E-state index contributed by atoms with van der Waals surface area (Å²) in [6.07, 6.45) is 13.5. The normalized spacial score (nSPS) is 12.8. The van der Waals surface area contributed by atoms with E-state index in [0.717, 1.165) is 19.3 Å². The molecule has 0 heterocycles. The van der Waals surface area contributed by atoms with E-state index in [1.165, 1.54) is 34.0 Å². The average molecular weight is 370 g/mol.